The number of amides is 1. The zero-order valence-corrected chi connectivity index (χ0v) is 14.9. The first kappa shape index (κ1) is 18.4. The Morgan fingerprint density at radius 3 is 2.62 bits per heavy atom. The van der Waals surface area contributed by atoms with E-state index in [-0.39, 0.29) is 10.0 Å². The van der Waals surface area contributed by atoms with Crippen molar-refractivity contribution < 1.29 is 18.7 Å². The lowest BCUT2D eigenvalue weighted by atomic mass is 9.83. The fourth-order valence-electron chi connectivity index (χ4n) is 2.69. The number of nitrogens with one attached hydrogen (secondary N) is 1. The Morgan fingerprint density at radius 2 is 2.04 bits per heavy atom. The summed E-state index contributed by atoms with van der Waals surface area (Å²) in [5.41, 5.74) is -0.754. The molecule has 1 unspecified atom stereocenters. The van der Waals surface area contributed by atoms with Crippen LogP contribution in [0.1, 0.15) is 49.4 Å². The molecule has 1 atom stereocenters. The minimum Gasteiger partial charge on any atom is -0.449 e. The first-order valence-electron chi connectivity index (χ1n) is 7.76. The molecular formula is C17H18BrFN2O3. The quantitative estimate of drug-likeness (QED) is 0.790. The van der Waals surface area contributed by atoms with Gasteiger partial charge < -0.3 is 10.1 Å². The highest BCUT2D eigenvalue weighted by Crippen LogP contribution is 2.27. The number of nitrogens with zero attached hydrogens (tertiary/aromatic N) is 1. The minimum atomic E-state index is -1.05. The van der Waals surface area contributed by atoms with Gasteiger partial charge in [0.2, 0.25) is 0 Å². The highest BCUT2D eigenvalue weighted by molar-refractivity contribution is 9.10. The van der Waals surface area contributed by atoms with Gasteiger partial charge >= 0.3 is 5.97 Å². The molecule has 1 aliphatic rings. The van der Waals surface area contributed by atoms with Gasteiger partial charge in [-0.25, -0.2) is 9.18 Å². The van der Waals surface area contributed by atoms with Crippen LogP contribution >= 0.6 is 15.9 Å². The normalized spacial score (nSPS) is 17.4. The average Bonchev–Trinajstić information content (AvgIpc) is 2.55. The molecule has 1 saturated carbocycles. The Labute approximate surface area is 148 Å². The number of carbonyl (C=O) groups is 2. The smallest absolute Gasteiger partial charge is 0.340 e. The van der Waals surface area contributed by atoms with E-state index in [1.54, 1.807) is 0 Å². The summed E-state index contributed by atoms with van der Waals surface area (Å²) in [7, 11) is 0. The Hall–Kier alpha value is -1.94. The van der Waals surface area contributed by atoms with Gasteiger partial charge in [-0.1, -0.05) is 19.3 Å². The van der Waals surface area contributed by atoms with Crippen LogP contribution in [0.5, 0.6) is 0 Å². The van der Waals surface area contributed by atoms with Crippen molar-refractivity contribution in [3.8, 4) is 6.07 Å². The SMILES string of the molecule is CC(OC(=O)c1ccc(F)cc1Br)C(=O)NC1(C#N)CCCCC1. The van der Waals surface area contributed by atoms with Crippen molar-refractivity contribution in [2.24, 2.45) is 0 Å². The van der Waals surface area contributed by atoms with Gasteiger partial charge in [0.1, 0.15) is 11.4 Å². The Bertz CT molecular complexity index is 681. The molecule has 0 bridgehead atoms. The van der Waals surface area contributed by atoms with Crippen LogP contribution in [0, 0.1) is 17.1 Å². The second-order valence-corrected chi connectivity index (χ2v) is 6.77. The summed E-state index contributed by atoms with van der Waals surface area (Å²) in [4.78, 5) is 24.4. The molecule has 0 heterocycles. The van der Waals surface area contributed by atoms with Crippen molar-refractivity contribution in [3.63, 3.8) is 0 Å². The van der Waals surface area contributed by atoms with Crippen LogP contribution in [0.4, 0.5) is 4.39 Å². The molecular weight excluding hydrogens is 379 g/mol. The number of rotatable bonds is 4. The second kappa shape index (κ2) is 7.75. The number of hydrogen-bond donors (Lipinski definition) is 1. The lowest BCUT2D eigenvalue weighted by Gasteiger charge is -2.32. The van der Waals surface area contributed by atoms with Gasteiger partial charge in [0.15, 0.2) is 6.10 Å². The van der Waals surface area contributed by atoms with E-state index in [9.17, 15) is 19.2 Å². The van der Waals surface area contributed by atoms with E-state index >= 15 is 0 Å². The largest absolute Gasteiger partial charge is 0.449 e. The average molecular weight is 397 g/mol. The molecule has 1 aromatic rings. The van der Waals surface area contributed by atoms with Gasteiger partial charge in [0.05, 0.1) is 11.6 Å². The predicted molar refractivity (Wildman–Crippen MR) is 88.5 cm³/mol. The summed E-state index contributed by atoms with van der Waals surface area (Å²) in [6, 6.07) is 5.75. The molecule has 1 fully saturated rings. The summed E-state index contributed by atoms with van der Waals surface area (Å²) < 4.78 is 18.5. The topological polar surface area (TPSA) is 79.2 Å². The van der Waals surface area contributed by atoms with Gasteiger partial charge in [-0.2, -0.15) is 5.26 Å². The number of carbonyl (C=O) groups excluding carboxylic acids is 2. The third kappa shape index (κ3) is 4.32. The second-order valence-electron chi connectivity index (χ2n) is 5.92. The van der Waals surface area contributed by atoms with Crippen LogP contribution in [0.3, 0.4) is 0 Å². The van der Waals surface area contributed by atoms with Gasteiger partial charge in [-0.3, -0.25) is 4.79 Å². The lowest BCUT2D eigenvalue weighted by Crippen LogP contribution is -2.52. The molecule has 0 saturated heterocycles. The van der Waals surface area contributed by atoms with E-state index < -0.39 is 29.3 Å². The third-order valence-corrected chi connectivity index (χ3v) is 4.74. The first-order chi connectivity index (χ1) is 11.4. The predicted octanol–water partition coefficient (Wildman–Crippen LogP) is 3.48. The molecule has 1 aromatic carbocycles. The van der Waals surface area contributed by atoms with Crippen molar-refractivity contribution in [1.29, 1.82) is 5.26 Å². The molecule has 1 amide bonds. The van der Waals surface area contributed by atoms with Gasteiger partial charge in [0.25, 0.3) is 5.91 Å². The van der Waals surface area contributed by atoms with Gasteiger partial charge in [-0.15, -0.1) is 0 Å². The first-order valence-corrected chi connectivity index (χ1v) is 8.55. The Kier molecular flexibility index (Phi) is 5.94. The van der Waals surface area contributed by atoms with Crippen LogP contribution in [0.25, 0.3) is 0 Å². The summed E-state index contributed by atoms with van der Waals surface area (Å²) >= 11 is 3.09. The number of halogens is 2. The Balaban J connectivity index is 2.00. The van der Waals surface area contributed by atoms with Crippen molar-refractivity contribution in [2.45, 2.75) is 50.7 Å². The highest BCUT2D eigenvalue weighted by atomic mass is 79.9. The van der Waals surface area contributed by atoms with Crippen LogP contribution in [0.15, 0.2) is 22.7 Å². The molecule has 0 radical (unpaired) electrons. The highest BCUT2D eigenvalue weighted by Gasteiger charge is 2.35. The number of ether oxygens (including phenoxy) is 1. The minimum absolute atomic E-state index is 0.128. The zero-order valence-electron chi connectivity index (χ0n) is 13.3. The van der Waals surface area contributed by atoms with Crippen LogP contribution in [-0.2, 0) is 9.53 Å². The van der Waals surface area contributed by atoms with Crippen molar-refractivity contribution >= 4 is 27.8 Å². The van der Waals surface area contributed by atoms with Crippen molar-refractivity contribution in [1.82, 2.24) is 5.32 Å². The molecule has 128 valence electrons. The molecule has 1 aliphatic carbocycles. The van der Waals surface area contributed by atoms with E-state index in [1.165, 1.54) is 13.0 Å². The van der Waals surface area contributed by atoms with E-state index in [0.29, 0.717) is 12.8 Å². The van der Waals surface area contributed by atoms with Crippen LogP contribution in [-0.4, -0.2) is 23.5 Å². The maximum Gasteiger partial charge on any atom is 0.340 e. The van der Waals surface area contributed by atoms with E-state index in [0.717, 1.165) is 31.4 Å². The van der Waals surface area contributed by atoms with Crippen molar-refractivity contribution in [2.75, 3.05) is 0 Å². The molecule has 0 spiro atoms. The number of benzene rings is 1. The van der Waals surface area contributed by atoms with Gasteiger partial charge in [0, 0.05) is 4.47 Å². The summed E-state index contributed by atoms with van der Waals surface area (Å²) in [5.74, 6) is -1.73. The summed E-state index contributed by atoms with van der Waals surface area (Å²) in [5, 5.41) is 12.1. The molecule has 1 N–H and O–H groups in total. The standard InChI is InChI=1S/C17H18BrFN2O3/c1-11(15(22)21-17(10-20)7-3-2-4-8-17)24-16(23)13-6-5-12(19)9-14(13)18/h5-6,9,11H,2-4,7-8H2,1H3,(H,21,22). The molecule has 2 rings (SSSR count). The fraction of sp³-hybridized carbons (Fsp3) is 0.471. The van der Waals surface area contributed by atoms with Gasteiger partial charge in [-0.05, 0) is 53.9 Å². The molecule has 5 nitrogen and oxygen atoms in total. The van der Waals surface area contributed by atoms with E-state index in [1.807, 2.05) is 0 Å². The summed E-state index contributed by atoms with van der Waals surface area (Å²) in [6.45, 7) is 1.44. The lowest BCUT2D eigenvalue weighted by molar-refractivity contribution is -0.130. The molecule has 0 aliphatic heterocycles. The molecule has 7 heteroatoms. The van der Waals surface area contributed by atoms with Crippen LogP contribution in [0.2, 0.25) is 0 Å². The fourth-order valence-corrected chi connectivity index (χ4v) is 3.20. The molecule has 24 heavy (non-hydrogen) atoms. The maximum absolute atomic E-state index is 13.1. The van der Waals surface area contributed by atoms with E-state index in [4.69, 9.17) is 4.74 Å². The molecule has 0 aromatic heterocycles. The number of esters is 1. The van der Waals surface area contributed by atoms with E-state index in [2.05, 4.69) is 27.3 Å². The zero-order chi connectivity index (χ0) is 17.7. The Morgan fingerprint density at radius 1 is 1.38 bits per heavy atom. The number of nitriles is 1. The summed E-state index contributed by atoms with van der Waals surface area (Å²) in [6.07, 6.45) is 2.94. The van der Waals surface area contributed by atoms with Crippen LogP contribution < -0.4 is 5.32 Å². The maximum atomic E-state index is 13.1. The third-order valence-electron chi connectivity index (χ3n) is 4.09. The monoisotopic (exact) mass is 396 g/mol. The van der Waals surface area contributed by atoms with Crippen molar-refractivity contribution in [3.05, 3.63) is 34.1 Å². The number of hydrogen-bond acceptors (Lipinski definition) is 4.